The van der Waals surface area contributed by atoms with Crippen LogP contribution in [0.2, 0.25) is 0 Å². The summed E-state index contributed by atoms with van der Waals surface area (Å²) < 4.78 is 37.8. The van der Waals surface area contributed by atoms with Crippen LogP contribution < -0.4 is 16.3 Å². The second kappa shape index (κ2) is 7.50. The minimum Gasteiger partial charge on any atom is -0.442 e. The van der Waals surface area contributed by atoms with Gasteiger partial charge in [0.2, 0.25) is 5.09 Å². The van der Waals surface area contributed by atoms with Crippen molar-refractivity contribution in [2.45, 2.75) is 5.09 Å². The highest BCUT2D eigenvalue weighted by Gasteiger charge is 2.29. The molecule has 12 heteroatoms. The Balaban J connectivity index is 1.77. The first-order chi connectivity index (χ1) is 12.8. The molecule has 0 aliphatic carbocycles. The summed E-state index contributed by atoms with van der Waals surface area (Å²) in [5.74, 6) is 0.395. The molecular weight excluding hydrogens is 378 g/mol. The number of rotatable bonds is 5. The zero-order chi connectivity index (χ0) is 19.6. The highest BCUT2D eigenvalue weighted by molar-refractivity contribution is 7.89. The molecule has 0 unspecified atom stereocenters. The molecule has 0 radical (unpaired) electrons. The van der Waals surface area contributed by atoms with Crippen LogP contribution in [0.5, 0.6) is 0 Å². The van der Waals surface area contributed by atoms with Crippen LogP contribution in [0.4, 0.5) is 5.82 Å². The molecule has 3 rings (SSSR count). The maximum Gasteiger partial charge on any atom is 0.329 e. The van der Waals surface area contributed by atoms with Crippen molar-refractivity contribution in [3.8, 4) is 0 Å². The molecule has 2 aromatic rings. The topological polar surface area (TPSA) is 130 Å². The maximum absolute atomic E-state index is 12.5. The lowest BCUT2D eigenvalue weighted by Crippen LogP contribution is -2.40. The molecule has 1 N–H and O–H groups in total. The van der Waals surface area contributed by atoms with Crippen LogP contribution in [0.3, 0.4) is 0 Å². The standard InChI is InChI=1S/C15H19N5O6S/c1-18-13(21)9-12(17-15(18)22)19(2)16-10-11-3-4-14(26-11)27(23,24)20-5-7-25-8-6-20/h3-4,9-10H,5-8H2,1-2H3,(H,17,22)/b16-10+. The molecule has 27 heavy (non-hydrogen) atoms. The third-order valence-electron chi connectivity index (χ3n) is 4.00. The van der Waals surface area contributed by atoms with Gasteiger partial charge in [0.05, 0.1) is 19.4 Å². The van der Waals surface area contributed by atoms with Gasteiger partial charge in [-0.05, 0) is 12.1 Å². The first-order valence-corrected chi connectivity index (χ1v) is 9.49. The summed E-state index contributed by atoms with van der Waals surface area (Å²) in [6, 6.07) is 4.04. The molecule has 0 aromatic carbocycles. The van der Waals surface area contributed by atoms with E-state index in [0.29, 0.717) is 13.2 Å². The van der Waals surface area contributed by atoms with E-state index in [0.717, 1.165) is 4.57 Å². The fourth-order valence-electron chi connectivity index (χ4n) is 2.38. The van der Waals surface area contributed by atoms with Gasteiger partial charge in [-0.15, -0.1) is 0 Å². The number of hydrogen-bond acceptors (Lipinski definition) is 8. The molecule has 146 valence electrons. The van der Waals surface area contributed by atoms with E-state index < -0.39 is 21.3 Å². The Morgan fingerprint density at radius 3 is 2.63 bits per heavy atom. The number of H-pyrrole nitrogens is 1. The summed E-state index contributed by atoms with van der Waals surface area (Å²) in [4.78, 5) is 25.8. The van der Waals surface area contributed by atoms with Crippen molar-refractivity contribution in [3.63, 3.8) is 0 Å². The van der Waals surface area contributed by atoms with Crippen molar-refractivity contribution in [3.05, 3.63) is 44.8 Å². The van der Waals surface area contributed by atoms with E-state index in [4.69, 9.17) is 9.15 Å². The molecular formula is C15H19N5O6S. The smallest absolute Gasteiger partial charge is 0.329 e. The molecule has 0 atom stereocenters. The zero-order valence-corrected chi connectivity index (χ0v) is 15.6. The Morgan fingerprint density at radius 2 is 1.96 bits per heavy atom. The average molecular weight is 397 g/mol. The van der Waals surface area contributed by atoms with Crippen LogP contribution in [0, 0.1) is 0 Å². The van der Waals surface area contributed by atoms with Gasteiger partial charge in [-0.3, -0.25) is 19.4 Å². The minimum absolute atomic E-state index is 0.185. The normalized spacial score (nSPS) is 16.1. The summed E-state index contributed by atoms with van der Waals surface area (Å²) in [6.07, 6.45) is 1.29. The van der Waals surface area contributed by atoms with Gasteiger partial charge in [-0.1, -0.05) is 0 Å². The summed E-state index contributed by atoms with van der Waals surface area (Å²) in [5, 5.41) is 5.13. The molecule has 3 heterocycles. The summed E-state index contributed by atoms with van der Waals surface area (Å²) in [5.41, 5.74) is -1.05. The van der Waals surface area contributed by atoms with Crippen LogP contribution in [-0.4, -0.2) is 61.8 Å². The molecule has 1 fully saturated rings. The molecule has 0 spiro atoms. The van der Waals surface area contributed by atoms with E-state index in [1.807, 2.05) is 0 Å². The van der Waals surface area contributed by atoms with Crippen molar-refractivity contribution < 1.29 is 17.6 Å². The van der Waals surface area contributed by atoms with Crippen molar-refractivity contribution in [2.75, 3.05) is 38.4 Å². The van der Waals surface area contributed by atoms with Gasteiger partial charge >= 0.3 is 5.69 Å². The van der Waals surface area contributed by atoms with Crippen molar-refractivity contribution in [1.82, 2.24) is 13.9 Å². The number of aromatic amines is 1. The summed E-state index contributed by atoms with van der Waals surface area (Å²) in [6.45, 7) is 1.22. The molecule has 2 aromatic heterocycles. The van der Waals surface area contributed by atoms with Crippen LogP contribution in [0.1, 0.15) is 5.76 Å². The van der Waals surface area contributed by atoms with Crippen molar-refractivity contribution in [1.29, 1.82) is 0 Å². The predicted octanol–water partition coefficient (Wildman–Crippen LogP) is -0.842. The lowest BCUT2D eigenvalue weighted by Gasteiger charge is -2.24. The zero-order valence-electron chi connectivity index (χ0n) is 14.8. The van der Waals surface area contributed by atoms with E-state index in [-0.39, 0.29) is 29.8 Å². The SMILES string of the molecule is CN(/N=C/c1ccc(S(=O)(=O)N2CCOCC2)o1)c1cc(=O)n(C)c(=O)[nH]1. The number of aromatic nitrogens is 2. The third kappa shape index (κ3) is 4.02. The Kier molecular flexibility index (Phi) is 5.30. The Bertz CT molecular complexity index is 1030. The van der Waals surface area contributed by atoms with E-state index in [2.05, 4.69) is 10.1 Å². The van der Waals surface area contributed by atoms with Gasteiger partial charge in [0.15, 0.2) is 0 Å². The lowest BCUT2D eigenvalue weighted by molar-refractivity contribution is 0.0724. The first kappa shape index (κ1) is 19.1. The lowest BCUT2D eigenvalue weighted by atomic mass is 10.5. The number of anilines is 1. The Labute approximate surface area is 154 Å². The number of nitrogens with zero attached hydrogens (tertiary/aromatic N) is 4. The first-order valence-electron chi connectivity index (χ1n) is 8.05. The monoisotopic (exact) mass is 397 g/mol. The van der Waals surface area contributed by atoms with Gasteiger partial charge in [0.25, 0.3) is 15.6 Å². The van der Waals surface area contributed by atoms with Gasteiger partial charge in [0, 0.05) is 33.3 Å². The molecule has 0 bridgehead atoms. The largest absolute Gasteiger partial charge is 0.442 e. The fourth-order valence-corrected chi connectivity index (χ4v) is 3.71. The van der Waals surface area contributed by atoms with Gasteiger partial charge in [-0.25, -0.2) is 13.2 Å². The predicted molar refractivity (Wildman–Crippen MR) is 96.6 cm³/mol. The number of hydrogen-bond donors (Lipinski definition) is 1. The maximum atomic E-state index is 12.5. The van der Waals surface area contributed by atoms with Crippen LogP contribution >= 0.6 is 0 Å². The average Bonchev–Trinajstić information content (AvgIpc) is 3.14. The Morgan fingerprint density at radius 1 is 1.26 bits per heavy atom. The summed E-state index contributed by atoms with van der Waals surface area (Å²) >= 11 is 0. The molecule has 0 amide bonds. The summed E-state index contributed by atoms with van der Waals surface area (Å²) in [7, 11) is -0.850. The van der Waals surface area contributed by atoms with E-state index >= 15 is 0 Å². The second-order valence-electron chi connectivity index (χ2n) is 5.80. The highest BCUT2D eigenvalue weighted by atomic mass is 32.2. The number of hydrazone groups is 1. The van der Waals surface area contributed by atoms with Gasteiger partial charge in [-0.2, -0.15) is 9.41 Å². The van der Waals surface area contributed by atoms with Crippen molar-refractivity contribution >= 4 is 22.1 Å². The van der Waals surface area contributed by atoms with Crippen LogP contribution in [0.25, 0.3) is 0 Å². The van der Waals surface area contributed by atoms with E-state index in [1.165, 1.54) is 47.8 Å². The van der Waals surface area contributed by atoms with Crippen molar-refractivity contribution in [2.24, 2.45) is 12.1 Å². The molecule has 0 saturated carbocycles. The Hall–Kier alpha value is -2.70. The quantitative estimate of drug-likeness (QED) is 0.514. The van der Waals surface area contributed by atoms with Gasteiger partial charge in [0.1, 0.15) is 11.6 Å². The molecule has 1 aliphatic rings. The number of sulfonamides is 1. The number of morpholine rings is 1. The number of ether oxygens (including phenoxy) is 1. The fraction of sp³-hybridized carbons (Fsp3) is 0.400. The second-order valence-corrected chi connectivity index (χ2v) is 7.67. The van der Waals surface area contributed by atoms with E-state index in [1.54, 1.807) is 0 Å². The molecule has 1 aliphatic heterocycles. The number of nitrogens with one attached hydrogen (secondary N) is 1. The third-order valence-corrected chi connectivity index (χ3v) is 5.78. The highest BCUT2D eigenvalue weighted by Crippen LogP contribution is 2.19. The van der Waals surface area contributed by atoms with Crippen LogP contribution in [0.15, 0.2) is 42.4 Å². The van der Waals surface area contributed by atoms with Crippen LogP contribution in [-0.2, 0) is 21.8 Å². The van der Waals surface area contributed by atoms with Gasteiger partial charge < -0.3 is 9.15 Å². The molecule has 11 nitrogen and oxygen atoms in total. The number of furan rings is 1. The molecule has 1 saturated heterocycles. The minimum atomic E-state index is -3.73. The van der Waals surface area contributed by atoms with E-state index in [9.17, 15) is 18.0 Å².